The molecule has 1 atom stereocenters. The number of fused-ring (bicyclic) bond motifs is 1. The second kappa shape index (κ2) is 4.12. The Balaban J connectivity index is 1.71. The predicted octanol–water partition coefficient (Wildman–Crippen LogP) is 2.69. The van der Waals surface area contributed by atoms with Gasteiger partial charge < -0.3 is 4.57 Å². The van der Waals surface area contributed by atoms with E-state index in [1.807, 2.05) is 12.5 Å². The van der Waals surface area contributed by atoms with Gasteiger partial charge in [0.25, 0.3) is 0 Å². The molecule has 0 saturated carbocycles. The summed E-state index contributed by atoms with van der Waals surface area (Å²) in [6, 6.07) is 10.8. The standard InChI is InChI=1S/C14H16N2/c1-2-4-12(5-3-1)8-13-6-7-14-9-15-11-16(14)10-13/h1-5,9,11,13H,6-8,10H2. The minimum absolute atomic E-state index is 0.768. The molecular weight excluding hydrogens is 196 g/mol. The van der Waals surface area contributed by atoms with E-state index in [1.165, 1.54) is 30.5 Å². The van der Waals surface area contributed by atoms with E-state index in [0.29, 0.717) is 0 Å². The zero-order valence-corrected chi connectivity index (χ0v) is 9.34. The van der Waals surface area contributed by atoms with Gasteiger partial charge in [0.1, 0.15) is 0 Å². The largest absolute Gasteiger partial charge is 0.334 e. The van der Waals surface area contributed by atoms with Gasteiger partial charge in [-0.25, -0.2) is 4.98 Å². The predicted molar refractivity (Wildman–Crippen MR) is 64.2 cm³/mol. The second-order valence-electron chi connectivity index (χ2n) is 4.63. The second-order valence-corrected chi connectivity index (χ2v) is 4.63. The first kappa shape index (κ1) is 9.64. The summed E-state index contributed by atoms with van der Waals surface area (Å²) in [7, 11) is 0. The molecule has 0 radical (unpaired) electrons. The van der Waals surface area contributed by atoms with E-state index < -0.39 is 0 Å². The summed E-state index contributed by atoms with van der Waals surface area (Å²) in [4.78, 5) is 4.21. The first-order valence-corrected chi connectivity index (χ1v) is 5.95. The van der Waals surface area contributed by atoms with Crippen LogP contribution in [0.5, 0.6) is 0 Å². The Morgan fingerprint density at radius 1 is 1.25 bits per heavy atom. The fraction of sp³-hybridized carbons (Fsp3) is 0.357. The van der Waals surface area contributed by atoms with Crippen LogP contribution >= 0.6 is 0 Å². The van der Waals surface area contributed by atoms with E-state index >= 15 is 0 Å². The van der Waals surface area contributed by atoms with Crippen LogP contribution in [-0.4, -0.2) is 9.55 Å². The summed E-state index contributed by atoms with van der Waals surface area (Å²) in [5.74, 6) is 0.768. The van der Waals surface area contributed by atoms with Crippen LogP contribution < -0.4 is 0 Å². The number of aromatic nitrogens is 2. The molecule has 0 bridgehead atoms. The molecule has 1 aromatic heterocycles. The number of nitrogens with zero attached hydrogens (tertiary/aromatic N) is 2. The Hall–Kier alpha value is -1.57. The molecule has 1 aliphatic rings. The molecule has 16 heavy (non-hydrogen) atoms. The van der Waals surface area contributed by atoms with Crippen molar-refractivity contribution < 1.29 is 0 Å². The highest BCUT2D eigenvalue weighted by molar-refractivity contribution is 5.15. The molecule has 1 unspecified atom stereocenters. The lowest BCUT2D eigenvalue weighted by Gasteiger charge is -2.24. The smallest absolute Gasteiger partial charge is 0.0948 e. The van der Waals surface area contributed by atoms with Crippen molar-refractivity contribution in [1.82, 2.24) is 9.55 Å². The molecule has 2 heterocycles. The van der Waals surface area contributed by atoms with E-state index in [0.717, 1.165) is 12.5 Å². The van der Waals surface area contributed by atoms with Gasteiger partial charge in [-0.15, -0.1) is 0 Å². The van der Waals surface area contributed by atoms with Gasteiger partial charge in [0.05, 0.1) is 6.33 Å². The van der Waals surface area contributed by atoms with Gasteiger partial charge in [0, 0.05) is 18.4 Å². The molecule has 0 spiro atoms. The van der Waals surface area contributed by atoms with Crippen molar-refractivity contribution in [3.8, 4) is 0 Å². The Morgan fingerprint density at radius 2 is 2.12 bits per heavy atom. The number of imidazole rings is 1. The Morgan fingerprint density at radius 3 is 3.00 bits per heavy atom. The van der Waals surface area contributed by atoms with Crippen molar-refractivity contribution in [3.63, 3.8) is 0 Å². The van der Waals surface area contributed by atoms with Crippen LogP contribution in [0.4, 0.5) is 0 Å². The zero-order chi connectivity index (χ0) is 10.8. The zero-order valence-electron chi connectivity index (χ0n) is 9.34. The van der Waals surface area contributed by atoms with E-state index in [9.17, 15) is 0 Å². The maximum absolute atomic E-state index is 4.21. The van der Waals surface area contributed by atoms with Crippen LogP contribution in [0, 0.1) is 5.92 Å². The van der Waals surface area contributed by atoms with E-state index in [2.05, 4.69) is 39.9 Å². The first-order valence-electron chi connectivity index (χ1n) is 5.95. The van der Waals surface area contributed by atoms with Crippen LogP contribution in [-0.2, 0) is 19.4 Å². The fourth-order valence-corrected chi connectivity index (χ4v) is 2.56. The third-order valence-corrected chi connectivity index (χ3v) is 3.43. The number of aryl methyl sites for hydroxylation is 1. The Bertz CT molecular complexity index is 459. The third kappa shape index (κ3) is 1.87. The number of hydrogen-bond acceptors (Lipinski definition) is 1. The highest BCUT2D eigenvalue weighted by atomic mass is 15.1. The minimum Gasteiger partial charge on any atom is -0.334 e. The van der Waals surface area contributed by atoms with Crippen LogP contribution in [0.2, 0.25) is 0 Å². The lowest BCUT2D eigenvalue weighted by Crippen LogP contribution is -2.20. The summed E-state index contributed by atoms with van der Waals surface area (Å²) in [6.45, 7) is 1.13. The number of hydrogen-bond donors (Lipinski definition) is 0. The van der Waals surface area contributed by atoms with Gasteiger partial charge >= 0.3 is 0 Å². The fourth-order valence-electron chi connectivity index (χ4n) is 2.56. The molecule has 0 amide bonds. The highest BCUT2D eigenvalue weighted by Gasteiger charge is 2.18. The van der Waals surface area contributed by atoms with Crippen LogP contribution in [0.15, 0.2) is 42.9 Å². The molecule has 82 valence electrons. The lowest BCUT2D eigenvalue weighted by atomic mass is 9.91. The van der Waals surface area contributed by atoms with Gasteiger partial charge in [-0.05, 0) is 30.7 Å². The molecule has 0 aliphatic carbocycles. The van der Waals surface area contributed by atoms with Crippen molar-refractivity contribution in [2.75, 3.05) is 0 Å². The lowest BCUT2D eigenvalue weighted by molar-refractivity contribution is 0.368. The summed E-state index contributed by atoms with van der Waals surface area (Å²) in [5.41, 5.74) is 2.85. The maximum Gasteiger partial charge on any atom is 0.0948 e. The topological polar surface area (TPSA) is 17.8 Å². The molecule has 3 rings (SSSR count). The van der Waals surface area contributed by atoms with Crippen LogP contribution in [0.25, 0.3) is 0 Å². The maximum atomic E-state index is 4.21. The van der Waals surface area contributed by atoms with Crippen molar-refractivity contribution >= 4 is 0 Å². The molecule has 0 N–H and O–H groups in total. The number of rotatable bonds is 2. The highest BCUT2D eigenvalue weighted by Crippen LogP contribution is 2.22. The van der Waals surface area contributed by atoms with E-state index in [4.69, 9.17) is 0 Å². The van der Waals surface area contributed by atoms with Gasteiger partial charge in [-0.2, -0.15) is 0 Å². The van der Waals surface area contributed by atoms with Gasteiger partial charge in [-0.1, -0.05) is 30.3 Å². The molecule has 0 saturated heterocycles. The summed E-state index contributed by atoms with van der Waals surface area (Å²) in [6.07, 6.45) is 7.63. The minimum atomic E-state index is 0.768. The van der Waals surface area contributed by atoms with E-state index in [-0.39, 0.29) is 0 Å². The normalized spacial score (nSPS) is 19.4. The van der Waals surface area contributed by atoms with Crippen molar-refractivity contribution in [1.29, 1.82) is 0 Å². The number of benzene rings is 1. The molecule has 0 fully saturated rings. The van der Waals surface area contributed by atoms with Gasteiger partial charge in [-0.3, -0.25) is 0 Å². The van der Waals surface area contributed by atoms with Gasteiger partial charge in [0.2, 0.25) is 0 Å². The Kier molecular flexibility index (Phi) is 2.49. The summed E-state index contributed by atoms with van der Waals surface area (Å²) < 4.78 is 2.30. The van der Waals surface area contributed by atoms with Crippen molar-refractivity contribution in [2.45, 2.75) is 25.8 Å². The van der Waals surface area contributed by atoms with Crippen LogP contribution in [0.3, 0.4) is 0 Å². The molecule has 1 aliphatic heterocycles. The molecule has 1 aromatic carbocycles. The third-order valence-electron chi connectivity index (χ3n) is 3.43. The van der Waals surface area contributed by atoms with Crippen molar-refractivity contribution in [2.24, 2.45) is 5.92 Å². The molecule has 2 aromatic rings. The molecule has 2 nitrogen and oxygen atoms in total. The quantitative estimate of drug-likeness (QED) is 0.748. The van der Waals surface area contributed by atoms with Crippen LogP contribution in [0.1, 0.15) is 17.7 Å². The summed E-state index contributed by atoms with van der Waals surface area (Å²) >= 11 is 0. The van der Waals surface area contributed by atoms with E-state index in [1.54, 1.807) is 0 Å². The monoisotopic (exact) mass is 212 g/mol. The molecule has 2 heteroatoms. The van der Waals surface area contributed by atoms with Crippen molar-refractivity contribution in [3.05, 3.63) is 54.1 Å². The molecular formula is C14H16N2. The summed E-state index contributed by atoms with van der Waals surface area (Å²) in [5, 5.41) is 0. The Labute approximate surface area is 95.9 Å². The van der Waals surface area contributed by atoms with Gasteiger partial charge in [0.15, 0.2) is 0 Å². The first-order chi connectivity index (χ1) is 7.92. The average molecular weight is 212 g/mol. The average Bonchev–Trinajstić information content (AvgIpc) is 2.77. The SMILES string of the molecule is c1ccc(CC2CCc3cncn3C2)cc1.